The monoisotopic (exact) mass is 296 g/mol. The highest BCUT2D eigenvalue weighted by Crippen LogP contribution is 2.19. The van der Waals surface area contributed by atoms with E-state index in [1.165, 1.54) is 11.1 Å². The van der Waals surface area contributed by atoms with Gasteiger partial charge in [0.25, 0.3) is 0 Å². The van der Waals surface area contributed by atoms with Gasteiger partial charge in [0.05, 0.1) is 6.04 Å². The van der Waals surface area contributed by atoms with E-state index >= 15 is 0 Å². The molecule has 0 radical (unpaired) electrons. The van der Waals surface area contributed by atoms with Gasteiger partial charge in [-0.1, -0.05) is 24.3 Å². The van der Waals surface area contributed by atoms with Crippen LogP contribution in [0.25, 0.3) is 0 Å². The minimum absolute atomic E-state index is 0. The van der Waals surface area contributed by atoms with Crippen LogP contribution in [0.3, 0.4) is 0 Å². The molecule has 0 bridgehead atoms. The number of hydrogen-bond donors (Lipinski definition) is 2. The number of piperidine rings is 1. The molecule has 1 heterocycles. The van der Waals surface area contributed by atoms with E-state index < -0.39 is 0 Å². The van der Waals surface area contributed by atoms with E-state index in [4.69, 9.17) is 0 Å². The zero-order valence-corrected chi connectivity index (χ0v) is 13.1. The van der Waals surface area contributed by atoms with E-state index in [0.29, 0.717) is 12.3 Å². The first kappa shape index (κ1) is 17.0. The second kappa shape index (κ2) is 8.28. The smallest absolute Gasteiger partial charge is 0.220 e. The summed E-state index contributed by atoms with van der Waals surface area (Å²) in [6.45, 7) is 6.24. The fourth-order valence-corrected chi connectivity index (χ4v) is 2.80. The van der Waals surface area contributed by atoms with E-state index in [1.807, 2.05) is 12.1 Å². The first-order chi connectivity index (χ1) is 9.16. The molecule has 0 saturated carbocycles. The summed E-state index contributed by atoms with van der Waals surface area (Å²) in [7, 11) is 0. The maximum atomic E-state index is 12.1. The van der Waals surface area contributed by atoms with Crippen LogP contribution in [0.2, 0.25) is 0 Å². The van der Waals surface area contributed by atoms with Gasteiger partial charge < -0.3 is 10.6 Å². The molecule has 1 aliphatic rings. The molecule has 20 heavy (non-hydrogen) atoms. The third kappa shape index (κ3) is 4.80. The standard InChI is InChI=1S/C16H24N2O.ClH/c1-12-5-3-4-6-15(12)13(2)18-16(19)11-14-7-9-17-10-8-14;/h3-6,13-14,17H,7-11H2,1-2H3,(H,18,19);1H. The lowest BCUT2D eigenvalue weighted by molar-refractivity contribution is -0.122. The summed E-state index contributed by atoms with van der Waals surface area (Å²) in [5.74, 6) is 0.730. The maximum Gasteiger partial charge on any atom is 0.220 e. The molecule has 1 aromatic carbocycles. The summed E-state index contributed by atoms with van der Waals surface area (Å²) >= 11 is 0. The van der Waals surface area contributed by atoms with Gasteiger partial charge >= 0.3 is 0 Å². The van der Waals surface area contributed by atoms with Gasteiger partial charge in [-0.25, -0.2) is 0 Å². The Labute approximate surface area is 127 Å². The van der Waals surface area contributed by atoms with Crippen molar-refractivity contribution in [3.63, 3.8) is 0 Å². The molecule has 1 fully saturated rings. The minimum Gasteiger partial charge on any atom is -0.350 e. The molecule has 0 aliphatic carbocycles. The Hall–Kier alpha value is -1.06. The Morgan fingerprint density at radius 3 is 2.65 bits per heavy atom. The van der Waals surface area contributed by atoms with Gasteiger partial charge in [0, 0.05) is 6.42 Å². The summed E-state index contributed by atoms with van der Waals surface area (Å²) in [6.07, 6.45) is 2.90. The zero-order chi connectivity index (χ0) is 13.7. The highest BCUT2D eigenvalue weighted by molar-refractivity contribution is 5.85. The number of hydrogen-bond acceptors (Lipinski definition) is 2. The Bertz CT molecular complexity index is 430. The number of carbonyl (C=O) groups is 1. The summed E-state index contributed by atoms with van der Waals surface area (Å²) in [4.78, 5) is 12.1. The van der Waals surface area contributed by atoms with E-state index in [9.17, 15) is 4.79 Å². The lowest BCUT2D eigenvalue weighted by Crippen LogP contribution is -2.33. The SMILES string of the molecule is Cc1ccccc1C(C)NC(=O)CC1CCNCC1.Cl. The van der Waals surface area contributed by atoms with Gasteiger partial charge in [-0.2, -0.15) is 0 Å². The second-order valence-electron chi connectivity index (χ2n) is 5.54. The van der Waals surface area contributed by atoms with Crippen molar-refractivity contribution in [2.75, 3.05) is 13.1 Å². The number of nitrogens with one attached hydrogen (secondary N) is 2. The molecule has 3 nitrogen and oxygen atoms in total. The number of amides is 1. The van der Waals surface area contributed by atoms with Crippen molar-refractivity contribution in [3.8, 4) is 0 Å². The number of aryl methyl sites for hydroxylation is 1. The first-order valence-electron chi connectivity index (χ1n) is 7.22. The largest absolute Gasteiger partial charge is 0.350 e. The zero-order valence-electron chi connectivity index (χ0n) is 12.3. The van der Waals surface area contributed by atoms with E-state index in [-0.39, 0.29) is 24.4 Å². The topological polar surface area (TPSA) is 41.1 Å². The van der Waals surface area contributed by atoms with Gasteiger partial charge in [-0.05, 0) is 56.8 Å². The summed E-state index contributed by atoms with van der Waals surface area (Å²) in [5.41, 5.74) is 2.44. The predicted molar refractivity (Wildman–Crippen MR) is 85.2 cm³/mol. The summed E-state index contributed by atoms with van der Waals surface area (Å²) in [6, 6.07) is 8.32. The fourth-order valence-electron chi connectivity index (χ4n) is 2.80. The summed E-state index contributed by atoms with van der Waals surface area (Å²) < 4.78 is 0. The van der Waals surface area contributed by atoms with Crippen molar-refractivity contribution in [1.29, 1.82) is 0 Å². The van der Waals surface area contributed by atoms with Crippen molar-refractivity contribution in [3.05, 3.63) is 35.4 Å². The highest BCUT2D eigenvalue weighted by atomic mass is 35.5. The second-order valence-corrected chi connectivity index (χ2v) is 5.54. The van der Waals surface area contributed by atoms with Crippen molar-refractivity contribution < 1.29 is 4.79 Å². The van der Waals surface area contributed by atoms with Gasteiger partial charge in [-0.15, -0.1) is 12.4 Å². The van der Waals surface area contributed by atoms with Crippen LogP contribution in [-0.2, 0) is 4.79 Å². The molecule has 1 atom stereocenters. The van der Waals surface area contributed by atoms with Gasteiger partial charge in [0.15, 0.2) is 0 Å². The molecular formula is C16H25ClN2O. The molecule has 0 spiro atoms. The molecule has 112 valence electrons. The Morgan fingerprint density at radius 2 is 2.00 bits per heavy atom. The third-order valence-electron chi connectivity index (χ3n) is 3.97. The van der Waals surface area contributed by atoms with Crippen LogP contribution in [-0.4, -0.2) is 19.0 Å². The van der Waals surface area contributed by atoms with Crippen LogP contribution < -0.4 is 10.6 Å². The average Bonchev–Trinajstić information content (AvgIpc) is 2.40. The molecule has 1 unspecified atom stereocenters. The molecule has 4 heteroatoms. The number of rotatable bonds is 4. The molecule has 1 amide bonds. The van der Waals surface area contributed by atoms with Crippen molar-refractivity contribution in [1.82, 2.24) is 10.6 Å². The minimum atomic E-state index is 0. The van der Waals surface area contributed by atoms with Crippen LogP contribution in [0.1, 0.15) is 43.4 Å². The maximum absolute atomic E-state index is 12.1. The van der Waals surface area contributed by atoms with E-state index in [1.54, 1.807) is 0 Å². The number of halogens is 1. The molecule has 0 aromatic heterocycles. The van der Waals surface area contributed by atoms with Crippen LogP contribution >= 0.6 is 12.4 Å². The quantitative estimate of drug-likeness (QED) is 0.897. The molecule has 1 aromatic rings. The van der Waals surface area contributed by atoms with Gasteiger partial charge in [0.1, 0.15) is 0 Å². The Morgan fingerprint density at radius 1 is 1.35 bits per heavy atom. The molecular weight excluding hydrogens is 272 g/mol. The molecule has 2 N–H and O–H groups in total. The first-order valence-corrected chi connectivity index (χ1v) is 7.22. The van der Waals surface area contributed by atoms with Crippen molar-refractivity contribution in [2.24, 2.45) is 5.92 Å². The lowest BCUT2D eigenvalue weighted by atomic mass is 9.94. The lowest BCUT2D eigenvalue weighted by Gasteiger charge is -2.23. The van der Waals surface area contributed by atoms with Gasteiger partial charge in [0.2, 0.25) is 5.91 Å². The normalized spacial score (nSPS) is 17.1. The van der Waals surface area contributed by atoms with Crippen molar-refractivity contribution >= 4 is 18.3 Å². The summed E-state index contributed by atoms with van der Waals surface area (Å²) in [5, 5.41) is 6.46. The fraction of sp³-hybridized carbons (Fsp3) is 0.562. The highest BCUT2D eigenvalue weighted by Gasteiger charge is 2.18. The predicted octanol–water partition coefficient (Wildman–Crippen LogP) is 2.98. The van der Waals surface area contributed by atoms with Crippen LogP contribution in [0, 0.1) is 12.8 Å². The van der Waals surface area contributed by atoms with Crippen molar-refractivity contribution in [2.45, 2.75) is 39.2 Å². The van der Waals surface area contributed by atoms with E-state index in [2.05, 4.69) is 36.6 Å². The molecule has 1 aliphatic heterocycles. The Kier molecular flexibility index (Phi) is 7.03. The number of carbonyl (C=O) groups excluding carboxylic acids is 1. The van der Waals surface area contributed by atoms with Crippen LogP contribution in [0.5, 0.6) is 0 Å². The molecule has 2 rings (SSSR count). The Balaban J connectivity index is 0.00000200. The third-order valence-corrected chi connectivity index (χ3v) is 3.97. The number of benzene rings is 1. The van der Waals surface area contributed by atoms with Gasteiger partial charge in [-0.3, -0.25) is 4.79 Å². The van der Waals surface area contributed by atoms with Crippen LogP contribution in [0.4, 0.5) is 0 Å². The van der Waals surface area contributed by atoms with Crippen LogP contribution in [0.15, 0.2) is 24.3 Å². The average molecular weight is 297 g/mol. The van der Waals surface area contributed by atoms with E-state index in [0.717, 1.165) is 25.9 Å². The molecule has 1 saturated heterocycles.